The van der Waals surface area contributed by atoms with Crippen LogP contribution in [0.2, 0.25) is 0 Å². The van der Waals surface area contributed by atoms with Crippen LogP contribution in [0.15, 0.2) is 71.3 Å². The van der Waals surface area contributed by atoms with Crippen LogP contribution < -0.4 is 4.74 Å². The van der Waals surface area contributed by atoms with Crippen LogP contribution in [0.1, 0.15) is 42.6 Å². The number of benzene rings is 2. The second-order valence-corrected chi connectivity index (χ2v) is 7.49. The maximum Gasteiger partial charge on any atom is 0.339 e. The van der Waals surface area contributed by atoms with E-state index in [1.165, 1.54) is 6.07 Å². The third-order valence-corrected chi connectivity index (χ3v) is 5.06. The van der Waals surface area contributed by atoms with Crippen LogP contribution in [0.5, 0.6) is 11.5 Å². The molecule has 0 saturated heterocycles. The van der Waals surface area contributed by atoms with Crippen molar-refractivity contribution < 1.29 is 23.1 Å². The Labute approximate surface area is 180 Å². The van der Waals surface area contributed by atoms with E-state index in [-0.39, 0.29) is 18.3 Å². The molecular formula is C26H23FO4. The van der Waals surface area contributed by atoms with Gasteiger partial charge in [-0.1, -0.05) is 32.0 Å². The van der Waals surface area contributed by atoms with Crippen LogP contribution in [0.3, 0.4) is 0 Å². The molecule has 0 radical (unpaired) electrons. The van der Waals surface area contributed by atoms with Gasteiger partial charge in [-0.05, 0) is 66.4 Å². The van der Waals surface area contributed by atoms with Gasteiger partial charge in [0.15, 0.2) is 11.6 Å². The summed E-state index contributed by atoms with van der Waals surface area (Å²) in [5.74, 6) is 0.290. The molecule has 2 aliphatic rings. The first-order valence-electron chi connectivity index (χ1n) is 10.2. The summed E-state index contributed by atoms with van der Waals surface area (Å²) < 4.78 is 31.4. The number of halogens is 1. The molecule has 1 heterocycles. The summed E-state index contributed by atoms with van der Waals surface area (Å²) in [4.78, 5) is 12.8. The highest BCUT2D eigenvalue weighted by atomic mass is 19.1. The lowest BCUT2D eigenvalue weighted by Gasteiger charge is -2.13. The molecule has 158 valence electrons. The van der Waals surface area contributed by atoms with Crippen molar-refractivity contribution in [2.75, 3.05) is 6.61 Å². The van der Waals surface area contributed by atoms with Crippen molar-refractivity contribution in [1.29, 1.82) is 0 Å². The molecule has 0 N–H and O–H groups in total. The fraction of sp³-hybridized carbons (Fsp3) is 0.192. The molecule has 0 saturated carbocycles. The second kappa shape index (κ2) is 8.64. The lowest BCUT2D eigenvalue weighted by molar-refractivity contribution is 0.0526. The Bertz CT molecular complexity index is 1180. The first-order valence-corrected chi connectivity index (χ1v) is 10.2. The lowest BCUT2D eigenvalue weighted by atomic mass is 9.97. The SMILES string of the molecule is CCOC(=O)c1c(C(C)C)cc2ccoc(-c3ccc(F)c(Oc4ccccc4)c3)c1-2. The maximum absolute atomic E-state index is 14.5. The van der Waals surface area contributed by atoms with Gasteiger partial charge in [-0.3, -0.25) is 0 Å². The van der Waals surface area contributed by atoms with Crippen molar-refractivity contribution in [2.45, 2.75) is 26.7 Å². The minimum Gasteiger partial charge on any atom is -0.464 e. The molecule has 0 atom stereocenters. The van der Waals surface area contributed by atoms with Gasteiger partial charge in [0.25, 0.3) is 0 Å². The molecule has 2 aromatic rings. The fourth-order valence-electron chi connectivity index (χ4n) is 3.64. The monoisotopic (exact) mass is 418 g/mol. The summed E-state index contributed by atoms with van der Waals surface area (Å²) in [6, 6.07) is 17.3. The zero-order valence-corrected chi connectivity index (χ0v) is 17.6. The molecule has 0 fully saturated rings. The number of hydrogen-bond donors (Lipinski definition) is 0. The average Bonchev–Trinajstić information content (AvgIpc) is 3.16. The molecule has 0 spiro atoms. The summed E-state index contributed by atoms with van der Waals surface area (Å²) in [5.41, 5.74) is 3.49. The number of carbonyl (C=O) groups excluding carboxylic acids is 1. The van der Waals surface area contributed by atoms with E-state index in [1.807, 2.05) is 44.2 Å². The maximum atomic E-state index is 14.5. The zero-order valence-electron chi connectivity index (χ0n) is 17.6. The van der Waals surface area contributed by atoms with Gasteiger partial charge < -0.3 is 13.9 Å². The first-order chi connectivity index (χ1) is 15.0. The number of hydrogen-bond acceptors (Lipinski definition) is 4. The van der Waals surface area contributed by atoms with E-state index in [2.05, 4.69) is 0 Å². The van der Waals surface area contributed by atoms with Crippen LogP contribution in [-0.4, -0.2) is 12.6 Å². The van der Waals surface area contributed by atoms with E-state index >= 15 is 0 Å². The van der Waals surface area contributed by atoms with Crippen molar-refractivity contribution in [3.8, 4) is 33.9 Å². The summed E-state index contributed by atoms with van der Waals surface area (Å²) in [5, 5.41) is 0. The van der Waals surface area contributed by atoms with Gasteiger partial charge in [-0.25, -0.2) is 9.18 Å². The molecule has 0 aromatic heterocycles. The Morgan fingerprint density at radius 2 is 1.81 bits per heavy atom. The minimum absolute atomic E-state index is 0.0734. The zero-order chi connectivity index (χ0) is 22.0. The molecule has 4 rings (SSSR count). The highest BCUT2D eigenvalue weighted by Crippen LogP contribution is 2.43. The molecule has 1 aliphatic heterocycles. The summed E-state index contributed by atoms with van der Waals surface area (Å²) in [6.45, 7) is 6.10. The van der Waals surface area contributed by atoms with Gasteiger partial charge >= 0.3 is 5.97 Å². The Kier molecular flexibility index (Phi) is 5.76. The fourth-order valence-corrected chi connectivity index (χ4v) is 3.64. The molecule has 1 aliphatic carbocycles. The smallest absolute Gasteiger partial charge is 0.339 e. The molecule has 0 bridgehead atoms. The number of ether oxygens (including phenoxy) is 2. The summed E-state index contributed by atoms with van der Waals surface area (Å²) in [6.07, 6.45) is 1.57. The van der Waals surface area contributed by atoms with Crippen LogP contribution in [-0.2, 0) is 4.74 Å². The number of carbonyl (C=O) groups is 1. The van der Waals surface area contributed by atoms with Crippen LogP contribution in [0.4, 0.5) is 4.39 Å². The van der Waals surface area contributed by atoms with Gasteiger partial charge in [-0.15, -0.1) is 0 Å². The molecular weight excluding hydrogens is 395 g/mol. The number of para-hydroxylation sites is 1. The van der Waals surface area contributed by atoms with Crippen LogP contribution in [0, 0.1) is 5.82 Å². The van der Waals surface area contributed by atoms with Gasteiger partial charge in [0.2, 0.25) is 0 Å². The van der Waals surface area contributed by atoms with Gasteiger partial charge in [0, 0.05) is 11.1 Å². The molecule has 5 heteroatoms. The highest BCUT2D eigenvalue weighted by Gasteiger charge is 2.28. The highest BCUT2D eigenvalue weighted by molar-refractivity contribution is 6.04. The van der Waals surface area contributed by atoms with E-state index < -0.39 is 11.8 Å². The van der Waals surface area contributed by atoms with Crippen LogP contribution >= 0.6 is 0 Å². The largest absolute Gasteiger partial charge is 0.464 e. The average molecular weight is 418 g/mol. The number of esters is 1. The standard InChI is InChI=1S/C26H23FO4/c1-4-29-26(28)24-20(16(2)3)14-17-12-13-30-25(23(17)24)18-10-11-21(27)22(15-18)31-19-8-6-5-7-9-19/h5-16H,4H2,1-3H3. The molecule has 0 amide bonds. The van der Waals surface area contributed by atoms with Crippen molar-refractivity contribution in [3.05, 3.63) is 83.9 Å². The lowest BCUT2D eigenvalue weighted by Crippen LogP contribution is -2.08. The molecule has 31 heavy (non-hydrogen) atoms. The van der Waals surface area contributed by atoms with Gasteiger partial charge in [0.1, 0.15) is 11.5 Å². The van der Waals surface area contributed by atoms with Gasteiger partial charge in [-0.2, -0.15) is 0 Å². The van der Waals surface area contributed by atoms with Crippen LogP contribution in [0.25, 0.3) is 22.5 Å². The van der Waals surface area contributed by atoms with Crippen molar-refractivity contribution in [1.82, 2.24) is 0 Å². The normalized spacial score (nSPS) is 11.1. The Morgan fingerprint density at radius 1 is 1.03 bits per heavy atom. The summed E-state index contributed by atoms with van der Waals surface area (Å²) >= 11 is 0. The number of fused-ring (bicyclic) bond motifs is 1. The van der Waals surface area contributed by atoms with E-state index in [0.29, 0.717) is 28.2 Å². The topological polar surface area (TPSA) is 48.7 Å². The third-order valence-electron chi connectivity index (χ3n) is 5.06. The van der Waals surface area contributed by atoms with E-state index in [0.717, 1.165) is 11.1 Å². The predicted octanol–water partition coefficient (Wildman–Crippen LogP) is 7.28. The Morgan fingerprint density at radius 3 is 2.52 bits per heavy atom. The third kappa shape index (κ3) is 4.04. The van der Waals surface area contributed by atoms with Crippen molar-refractivity contribution in [2.24, 2.45) is 0 Å². The molecule has 2 aromatic carbocycles. The van der Waals surface area contributed by atoms with Crippen molar-refractivity contribution >= 4 is 5.97 Å². The first kappa shape index (κ1) is 20.7. The molecule has 4 nitrogen and oxygen atoms in total. The van der Waals surface area contributed by atoms with E-state index in [9.17, 15) is 9.18 Å². The predicted molar refractivity (Wildman–Crippen MR) is 117 cm³/mol. The molecule has 0 unspecified atom stereocenters. The van der Waals surface area contributed by atoms with Gasteiger partial charge in [0.05, 0.1) is 18.4 Å². The number of rotatable bonds is 6. The quantitative estimate of drug-likeness (QED) is 0.309. The van der Waals surface area contributed by atoms with E-state index in [4.69, 9.17) is 13.9 Å². The summed E-state index contributed by atoms with van der Waals surface area (Å²) in [7, 11) is 0. The van der Waals surface area contributed by atoms with E-state index in [1.54, 1.807) is 37.5 Å². The minimum atomic E-state index is -0.490. The second-order valence-electron chi connectivity index (χ2n) is 7.49. The Hall–Kier alpha value is -3.60. The Balaban J connectivity index is 1.87. The van der Waals surface area contributed by atoms with Crippen molar-refractivity contribution in [3.63, 3.8) is 0 Å².